The standard InChI is InChI=1S/C18H19NO3/c1-2-16(14-9-5-3-6-10-14)18(21)22-13-17(20)19-15-11-7-4-8-12-15/h3-12,16H,2,13H2,1H3,(H,19,20). The van der Waals surface area contributed by atoms with Crippen LogP contribution >= 0.6 is 0 Å². The Morgan fingerprint density at radius 3 is 2.18 bits per heavy atom. The number of carbonyl (C=O) groups is 2. The molecular weight excluding hydrogens is 278 g/mol. The molecule has 2 aromatic carbocycles. The largest absolute Gasteiger partial charge is 0.455 e. The summed E-state index contributed by atoms with van der Waals surface area (Å²) in [6.07, 6.45) is 0.628. The van der Waals surface area contributed by atoms with Crippen molar-refractivity contribution >= 4 is 17.6 Å². The van der Waals surface area contributed by atoms with Crippen molar-refractivity contribution in [2.75, 3.05) is 11.9 Å². The predicted octanol–water partition coefficient (Wildman–Crippen LogP) is 3.36. The molecule has 1 N–H and O–H groups in total. The molecule has 4 heteroatoms. The van der Waals surface area contributed by atoms with E-state index in [2.05, 4.69) is 5.32 Å². The number of benzene rings is 2. The molecule has 1 amide bonds. The summed E-state index contributed by atoms with van der Waals surface area (Å²) < 4.78 is 5.13. The van der Waals surface area contributed by atoms with Crippen LogP contribution in [0, 0.1) is 0 Å². The molecule has 2 aromatic rings. The zero-order valence-corrected chi connectivity index (χ0v) is 12.5. The molecule has 0 aliphatic rings. The van der Waals surface area contributed by atoms with Gasteiger partial charge in [0.1, 0.15) is 0 Å². The van der Waals surface area contributed by atoms with Crippen LogP contribution in [0.2, 0.25) is 0 Å². The summed E-state index contributed by atoms with van der Waals surface area (Å²) in [7, 11) is 0. The van der Waals surface area contributed by atoms with E-state index < -0.39 is 0 Å². The average Bonchev–Trinajstić information content (AvgIpc) is 2.55. The molecule has 0 aliphatic heterocycles. The van der Waals surface area contributed by atoms with Gasteiger partial charge < -0.3 is 10.1 Å². The molecule has 0 bridgehead atoms. The molecule has 0 fully saturated rings. The Morgan fingerprint density at radius 1 is 1.00 bits per heavy atom. The number of para-hydroxylation sites is 1. The normalized spacial score (nSPS) is 11.5. The van der Waals surface area contributed by atoms with E-state index in [0.717, 1.165) is 5.56 Å². The van der Waals surface area contributed by atoms with E-state index in [9.17, 15) is 9.59 Å². The van der Waals surface area contributed by atoms with Gasteiger partial charge in [0.05, 0.1) is 5.92 Å². The van der Waals surface area contributed by atoms with E-state index in [-0.39, 0.29) is 24.4 Å². The number of anilines is 1. The summed E-state index contributed by atoms with van der Waals surface area (Å²) >= 11 is 0. The van der Waals surface area contributed by atoms with Crippen LogP contribution in [-0.2, 0) is 14.3 Å². The molecule has 4 nitrogen and oxygen atoms in total. The van der Waals surface area contributed by atoms with Crippen molar-refractivity contribution < 1.29 is 14.3 Å². The van der Waals surface area contributed by atoms with Crippen LogP contribution in [0.5, 0.6) is 0 Å². The fourth-order valence-electron chi connectivity index (χ4n) is 2.18. The molecule has 0 saturated heterocycles. The maximum absolute atomic E-state index is 12.1. The Hall–Kier alpha value is -2.62. The lowest BCUT2D eigenvalue weighted by atomic mass is 9.97. The molecule has 0 spiro atoms. The molecular formula is C18H19NO3. The van der Waals surface area contributed by atoms with Gasteiger partial charge in [-0.2, -0.15) is 0 Å². The number of carbonyl (C=O) groups excluding carboxylic acids is 2. The number of ether oxygens (including phenoxy) is 1. The quantitative estimate of drug-likeness (QED) is 0.832. The molecule has 2 rings (SSSR count). The smallest absolute Gasteiger partial charge is 0.313 e. The van der Waals surface area contributed by atoms with Crippen molar-refractivity contribution in [3.8, 4) is 0 Å². The summed E-state index contributed by atoms with van der Waals surface area (Å²) in [5.41, 5.74) is 1.58. The van der Waals surface area contributed by atoms with E-state index in [4.69, 9.17) is 4.74 Å². The minimum absolute atomic E-state index is 0.281. The van der Waals surface area contributed by atoms with E-state index in [1.54, 1.807) is 12.1 Å². The first kappa shape index (κ1) is 15.8. The van der Waals surface area contributed by atoms with Crippen molar-refractivity contribution in [3.63, 3.8) is 0 Å². The van der Waals surface area contributed by atoms with Gasteiger partial charge in [0, 0.05) is 5.69 Å². The van der Waals surface area contributed by atoms with Crippen molar-refractivity contribution in [1.82, 2.24) is 0 Å². The first-order valence-corrected chi connectivity index (χ1v) is 7.27. The maximum atomic E-state index is 12.1. The van der Waals surface area contributed by atoms with Crippen LogP contribution in [0.1, 0.15) is 24.8 Å². The summed E-state index contributed by atoms with van der Waals surface area (Å²) in [5, 5.41) is 2.68. The van der Waals surface area contributed by atoms with E-state index in [1.807, 2.05) is 55.5 Å². The van der Waals surface area contributed by atoms with Gasteiger partial charge in [-0.05, 0) is 24.1 Å². The lowest BCUT2D eigenvalue weighted by Crippen LogP contribution is -2.23. The monoisotopic (exact) mass is 297 g/mol. The van der Waals surface area contributed by atoms with Crippen LogP contribution in [0.15, 0.2) is 60.7 Å². The number of esters is 1. The average molecular weight is 297 g/mol. The molecule has 0 radical (unpaired) electrons. The van der Waals surface area contributed by atoms with Gasteiger partial charge >= 0.3 is 5.97 Å². The highest BCUT2D eigenvalue weighted by molar-refractivity contribution is 5.93. The predicted molar refractivity (Wildman–Crippen MR) is 85.5 cm³/mol. The Bertz CT molecular complexity index is 611. The summed E-state index contributed by atoms with van der Waals surface area (Å²) in [5.74, 6) is -1.06. The minimum atomic E-state index is -0.378. The third-order valence-corrected chi connectivity index (χ3v) is 3.30. The fraction of sp³-hybridized carbons (Fsp3) is 0.222. The summed E-state index contributed by atoms with van der Waals surface area (Å²) in [6, 6.07) is 18.5. The van der Waals surface area contributed by atoms with Gasteiger partial charge in [-0.15, -0.1) is 0 Å². The van der Waals surface area contributed by atoms with Gasteiger partial charge in [0.25, 0.3) is 5.91 Å². The lowest BCUT2D eigenvalue weighted by molar-refractivity contribution is -0.149. The van der Waals surface area contributed by atoms with Gasteiger partial charge in [0.15, 0.2) is 6.61 Å². The second-order valence-corrected chi connectivity index (χ2v) is 4.89. The van der Waals surface area contributed by atoms with Gasteiger partial charge in [-0.25, -0.2) is 0 Å². The third-order valence-electron chi connectivity index (χ3n) is 3.30. The number of hydrogen-bond donors (Lipinski definition) is 1. The maximum Gasteiger partial charge on any atom is 0.313 e. The first-order chi connectivity index (χ1) is 10.7. The molecule has 0 saturated carbocycles. The highest BCUT2D eigenvalue weighted by Gasteiger charge is 2.20. The molecule has 1 unspecified atom stereocenters. The van der Waals surface area contributed by atoms with Gasteiger partial charge in [0.2, 0.25) is 0 Å². The molecule has 0 aliphatic carbocycles. The number of rotatable bonds is 6. The van der Waals surface area contributed by atoms with Crippen LogP contribution in [-0.4, -0.2) is 18.5 Å². The zero-order valence-electron chi connectivity index (χ0n) is 12.5. The Kier molecular flexibility index (Phi) is 5.72. The van der Waals surface area contributed by atoms with Crippen molar-refractivity contribution in [2.24, 2.45) is 0 Å². The summed E-state index contributed by atoms with van der Waals surface area (Å²) in [6.45, 7) is 1.64. The van der Waals surface area contributed by atoms with E-state index in [0.29, 0.717) is 12.1 Å². The molecule has 0 heterocycles. The number of amides is 1. The Labute approximate surface area is 130 Å². The SMILES string of the molecule is CCC(C(=O)OCC(=O)Nc1ccccc1)c1ccccc1. The first-order valence-electron chi connectivity index (χ1n) is 7.27. The highest BCUT2D eigenvalue weighted by atomic mass is 16.5. The molecule has 114 valence electrons. The topological polar surface area (TPSA) is 55.4 Å². The second kappa shape index (κ2) is 7.98. The Balaban J connectivity index is 1.87. The van der Waals surface area contributed by atoms with Crippen molar-refractivity contribution in [3.05, 3.63) is 66.2 Å². The van der Waals surface area contributed by atoms with Gasteiger partial charge in [-0.1, -0.05) is 55.5 Å². The van der Waals surface area contributed by atoms with Crippen LogP contribution in [0.3, 0.4) is 0 Å². The van der Waals surface area contributed by atoms with Gasteiger partial charge in [-0.3, -0.25) is 9.59 Å². The third kappa shape index (κ3) is 4.45. The highest BCUT2D eigenvalue weighted by Crippen LogP contribution is 2.20. The molecule has 22 heavy (non-hydrogen) atoms. The summed E-state index contributed by atoms with van der Waals surface area (Å²) in [4.78, 5) is 23.9. The molecule has 0 aromatic heterocycles. The zero-order chi connectivity index (χ0) is 15.8. The fourth-order valence-corrected chi connectivity index (χ4v) is 2.18. The lowest BCUT2D eigenvalue weighted by Gasteiger charge is -2.14. The number of hydrogen-bond acceptors (Lipinski definition) is 3. The van der Waals surface area contributed by atoms with E-state index >= 15 is 0 Å². The van der Waals surface area contributed by atoms with Crippen molar-refractivity contribution in [2.45, 2.75) is 19.3 Å². The van der Waals surface area contributed by atoms with Crippen LogP contribution < -0.4 is 5.32 Å². The van der Waals surface area contributed by atoms with Crippen LogP contribution in [0.4, 0.5) is 5.69 Å². The second-order valence-electron chi connectivity index (χ2n) is 4.89. The van der Waals surface area contributed by atoms with Crippen LogP contribution in [0.25, 0.3) is 0 Å². The Morgan fingerprint density at radius 2 is 1.59 bits per heavy atom. The minimum Gasteiger partial charge on any atom is -0.455 e. The van der Waals surface area contributed by atoms with Crippen molar-refractivity contribution in [1.29, 1.82) is 0 Å². The molecule has 1 atom stereocenters. The number of nitrogens with one attached hydrogen (secondary N) is 1. The van der Waals surface area contributed by atoms with E-state index in [1.165, 1.54) is 0 Å².